The molecule has 94 valence electrons. The summed E-state index contributed by atoms with van der Waals surface area (Å²) in [6.45, 7) is 3.18. The van der Waals surface area contributed by atoms with Crippen LogP contribution in [-0.2, 0) is 19.7 Å². The average molecular weight is 250 g/mol. The highest BCUT2D eigenvalue weighted by molar-refractivity contribution is 7.87. The summed E-state index contributed by atoms with van der Waals surface area (Å²) < 4.78 is 31.9. The summed E-state index contributed by atoms with van der Waals surface area (Å²) in [6.07, 6.45) is 1.73. The zero-order chi connectivity index (χ0) is 12.3. The molecule has 0 aromatic carbocycles. The second-order valence-corrected chi connectivity index (χ2v) is 5.77. The first kappa shape index (κ1) is 13.4. The van der Waals surface area contributed by atoms with Gasteiger partial charge in [-0.15, -0.1) is 0 Å². The molecule has 0 heterocycles. The van der Waals surface area contributed by atoms with Crippen molar-refractivity contribution in [2.24, 2.45) is 0 Å². The molecule has 0 saturated heterocycles. The van der Waals surface area contributed by atoms with Crippen molar-refractivity contribution in [3.63, 3.8) is 0 Å². The van der Waals surface area contributed by atoms with Crippen molar-refractivity contribution in [2.75, 3.05) is 13.7 Å². The molecule has 0 unspecified atom stereocenters. The number of hydrogen-bond acceptors (Lipinski definition) is 4. The number of carbonyl (C=O) groups is 1. The van der Waals surface area contributed by atoms with Gasteiger partial charge in [-0.05, 0) is 26.7 Å². The number of esters is 1. The van der Waals surface area contributed by atoms with E-state index < -0.39 is 16.2 Å². The zero-order valence-corrected chi connectivity index (χ0v) is 10.6. The molecule has 1 saturated carbocycles. The van der Waals surface area contributed by atoms with Gasteiger partial charge in [0, 0.05) is 12.1 Å². The van der Waals surface area contributed by atoms with Gasteiger partial charge in [0.15, 0.2) is 0 Å². The van der Waals surface area contributed by atoms with Crippen LogP contribution in [0.15, 0.2) is 0 Å². The topological polar surface area (TPSA) is 75.7 Å². The smallest absolute Gasteiger partial charge is 0.321 e. The molecule has 0 aliphatic heterocycles. The van der Waals surface area contributed by atoms with Gasteiger partial charge < -0.3 is 4.74 Å². The third-order valence-electron chi connectivity index (χ3n) is 2.29. The third kappa shape index (κ3) is 3.73. The Kier molecular flexibility index (Phi) is 4.28. The van der Waals surface area contributed by atoms with Crippen LogP contribution in [0.3, 0.4) is 0 Å². The fourth-order valence-electron chi connectivity index (χ4n) is 1.22. The summed E-state index contributed by atoms with van der Waals surface area (Å²) in [6, 6.07) is -0.251. The summed E-state index contributed by atoms with van der Waals surface area (Å²) in [5.74, 6) is -0.560. The molecule has 7 heteroatoms. The first-order valence-electron chi connectivity index (χ1n) is 5.22. The molecular weight excluding hydrogens is 232 g/mol. The fourth-order valence-corrected chi connectivity index (χ4v) is 2.84. The number of carbonyl (C=O) groups excluding carboxylic acids is 1. The molecule has 16 heavy (non-hydrogen) atoms. The lowest BCUT2D eigenvalue weighted by molar-refractivity contribution is -0.141. The highest BCUT2D eigenvalue weighted by atomic mass is 32.2. The first-order chi connectivity index (χ1) is 7.36. The molecule has 1 aliphatic rings. The van der Waals surface area contributed by atoms with Gasteiger partial charge in [0.1, 0.15) is 6.54 Å². The van der Waals surface area contributed by atoms with Crippen molar-refractivity contribution >= 4 is 16.2 Å². The van der Waals surface area contributed by atoms with E-state index in [0.29, 0.717) is 0 Å². The highest BCUT2D eigenvalue weighted by Gasteiger charge is 2.33. The molecule has 6 nitrogen and oxygen atoms in total. The Bertz CT molecular complexity index is 349. The summed E-state index contributed by atoms with van der Waals surface area (Å²) in [7, 11) is -2.34. The summed E-state index contributed by atoms with van der Waals surface area (Å²) in [5.41, 5.74) is 0. The van der Waals surface area contributed by atoms with Gasteiger partial charge in [-0.1, -0.05) is 0 Å². The summed E-state index contributed by atoms with van der Waals surface area (Å²) in [5, 5.41) is 0. The Morgan fingerprint density at radius 3 is 2.44 bits per heavy atom. The second-order valence-electron chi connectivity index (χ2n) is 4.11. The summed E-state index contributed by atoms with van der Waals surface area (Å²) in [4.78, 5) is 11.1. The molecule has 0 aromatic heterocycles. The van der Waals surface area contributed by atoms with Crippen LogP contribution in [0.5, 0.6) is 0 Å². The van der Waals surface area contributed by atoms with Crippen LogP contribution in [0.1, 0.15) is 26.7 Å². The predicted molar refractivity (Wildman–Crippen MR) is 58.9 cm³/mol. The molecule has 1 aliphatic carbocycles. The van der Waals surface area contributed by atoms with E-state index >= 15 is 0 Å². The molecule has 0 aromatic rings. The molecule has 0 atom stereocenters. The Balaban J connectivity index is 2.70. The van der Waals surface area contributed by atoms with Crippen molar-refractivity contribution in [1.29, 1.82) is 0 Å². The zero-order valence-electron chi connectivity index (χ0n) is 9.76. The van der Waals surface area contributed by atoms with Gasteiger partial charge in [-0.25, -0.2) is 0 Å². The molecule has 1 rings (SSSR count). The van der Waals surface area contributed by atoms with E-state index in [-0.39, 0.29) is 18.6 Å². The number of ether oxygens (including phenoxy) is 1. The van der Waals surface area contributed by atoms with Gasteiger partial charge in [0.25, 0.3) is 10.2 Å². The number of methoxy groups -OCH3 is 1. The maximum atomic E-state index is 11.9. The predicted octanol–water partition coefficient (Wildman–Crippen LogP) is -0.133. The molecule has 0 spiro atoms. The van der Waals surface area contributed by atoms with Gasteiger partial charge in [0.2, 0.25) is 0 Å². The molecule has 0 bridgehead atoms. The lowest BCUT2D eigenvalue weighted by Crippen LogP contribution is -2.47. The minimum Gasteiger partial charge on any atom is -0.468 e. The Hall–Kier alpha value is -0.660. The normalized spacial score (nSPS) is 16.8. The maximum Gasteiger partial charge on any atom is 0.321 e. The van der Waals surface area contributed by atoms with Crippen LogP contribution >= 0.6 is 0 Å². The van der Waals surface area contributed by atoms with E-state index in [9.17, 15) is 13.2 Å². The van der Waals surface area contributed by atoms with E-state index in [1.165, 1.54) is 7.11 Å². The molecule has 1 N–H and O–H groups in total. The van der Waals surface area contributed by atoms with E-state index in [0.717, 1.165) is 17.1 Å². The lowest BCUT2D eigenvalue weighted by atomic mass is 10.4. The van der Waals surface area contributed by atoms with Crippen LogP contribution in [0.25, 0.3) is 0 Å². The van der Waals surface area contributed by atoms with Crippen molar-refractivity contribution in [3.8, 4) is 0 Å². The molecule has 0 radical (unpaired) electrons. The van der Waals surface area contributed by atoms with E-state index in [1.807, 2.05) is 0 Å². The quantitative estimate of drug-likeness (QED) is 0.666. The standard InChI is InChI=1S/C9H18N2O4S/c1-7(2)11(6-9(12)15-3)16(13,14)10-8-4-5-8/h7-8,10H,4-6H2,1-3H3. The third-order valence-corrected chi connectivity index (χ3v) is 4.09. The van der Waals surface area contributed by atoms with Gasteiger partial charge >= 0.3 is 5.97 Å². The monoisotopic (exact) mass is 250 g/mol. The minimum absolute atomic E-state index is 0.0314. The number of rotatable bonds is 6. The van der Waals surface area contributed by atoms with Gasteiger partial charge in [0.05, 0.1) is 7.11 Å². The summed E-state index contributed by atoms with van der Waals surface area (Å²) >= 11 is 0. The number of nitrogens with zero attached hydrogens (tertiary/aromatic N) is 1. The molecule has 1 fully saturated rings. The SMILES string of the molecule is COC(=O)CN(C(C)C)S(=O)(=O)NC1CC1. The largest absolute Gasteiger partial charge is 0.468 e. The van der Waals surface area contributed by atoms with Crippen LogP contribution in [0.2, 0.25) is 0 Å². The van der Waals surface area contributed by atoms with Gasteiger partial charge in [-0.2, -0.15) is 17.4 Å². The van der Waals surface area contributed by atoms with Crippen LogP contribution in [-0.4, -0.2) is 44.4 Å². The Morgan fingerprint density at radius 2 is 2.06 bits per heavy atom. The van der Waals surface area contributed by atoms with Gasteiger partial charge in [-0.3, -0.25) is 4.79 Å². The van der Waals surface area contributed by atoms with Crippen LogP contribution < -0.4 is 4.72 Å². The van der Waals surface area contributed by atoms with Crippen LogP contribution in [0.4, 0.5) is 0 Å². The fraction of sp³-hybridized carbons (Fsp3) is 0.889. The Labute approximate surface area is 96.1 Å². The maximum absolute atomic E-state index is 11.9. The van der Waals surface area contributed by atoms with Crippen molar-refractivity contribution < 1.29 is 17.9 Å². The second kappa shape index (κ2) is 5.11. The van der Waals surface area contributed by atoms with Crippen LogP contribution in [0, 0.1) is 0 Å². The minimum atomic E-state index is -3.58. The number of hydrogen-bond donors (Lipinski definition) is 1. The Morgan fingerprint density at radius 1 is 1.50 bits per heavy atom. The highest BCUT2D eigenvalue weighted by Crippen LogP contribution is 2.21. The van der Waals surface area contributed by atoms with E-state index in [2.05, 4.69) is 9.46 Å². The van der Waals surface area contributed by atoms with Crippen molar-refractivity contribution in [2.45, 2.75) is 38.8 Å². The molecular formula is C9H18N2O4S. The van der Waals surface area contributed by atoms with Crippen molar-refractivity contribution in [3.05, 3.63) is 0 Å². The van der Waals surface area contributed by atoms with Crippen molar-refractivity contribution in [1.82, 2.24) is 9.03 Å². The number of nitrogens with one attached hydrogen (secondary N) is 1. The lowest BCUT2D eigenvalue weighted by Gasteiger charge is -2.24. The van der Waals surface area contributed by atoms with E-state index in [4.69, 9.17) is 0 Å². The van der Waals surface area contributed by atoms with E-state index in [1.54, 1.807) is 13.8 Å². The first-order valence-corrected chi connectivity index (χ1v) is 6.66. The average Bonchev–Trinajstić information content (AvgIpc) is 2.95. The molecule has 0 amide bonds.